The van der Waals surface area contributed by atoms with Gasteiger partial charge in [-0.3, -0.25) is 9.78 Å². The number of halogens is 2. The first-order valence-electron chi connectivity index (χ1n) is 5.43. The molecule has 19 heavy (non-hydrogen) atoms. The van der Waals surface area contributed by atoms with Crippen molar-refractivity contribution in [3.05, 3.63) is 52.3 Å². The second-order valence-corrected chi connectivity index (χ2v) is 4.74. The van der Waals surface area contributed by atoms with Crippen LogP contribution < -0.4 is 10.6 Å². The highest BCUT2D eigenvalue weighted by molar-refractivity contribution is 6.39. The molecule has 1 aromatic heterocycles. The summed E-state index contributed by atoms with van der Waals surface area (Å²) < 4.78 is 0. The van der Waals surface area contributed by atoms with Crippen LogP contribution in [0.1, 0.15) is 10.4 Å². The van der Waals surface area contributed by atoms with Crippen LogP contribution in [-0.4, -0.2) is 17.9 Å². The lowest BCUT2D eigenvalue weighted by Crippen LogP contribution is -2.26. The van der Waals surface area contributed by atoms with E-state index in [0.717, 1.165) is 0 Å². The fraction of sp³-hybridized carbons (Fsp3) is 0.0769. The summed E-state index contributed by atoms with van der Waals surface area (Å²) in [5.74, 6) is -0.239. The van der Waals surface area contributed by atoms with Crippen molar-refractivity contribution in [1.82, 2.24) is 4.98 Å². The van der Waals surface area contributed by atoms with Crippen LogP contribution >= 0.6 is 23.2 Å². The first-order chi connectivity index (χ1) is 9.00. The van der Waals surface area contributed by atoms with Crippen LogP contribution in [0.5, 0.6) is 0 Å². The van der Waals surface area contributed by atoms with Gasteiger partial charge in [-0.25, -0.2) is 0 Å². The van der Waals surface area contributed by atoms with Crippen LogP contribution in [0, 0.1) is 0 Å². The van der Waals surface area contributed by atoms with E-state index in [4.69, 9.17) is 28.9 Å². The topological polar surface area (TPSA) is 59.2 Å². The highest BCUT2D eigenvalue weighted by Gasteiger charge is 2.16. The molecule has 2 aromatic rings. The molecule has 1 amide bonds. The first kappa shape index (κ1) is 13.6. The van der Waals surface area contributed by atoms with Crippen LogP contribution in [-0.2, 0) is 0 Å². The third-order valence-corrected chi connectivity index (χ3v) is 3.29. The first-order valence-corrected chi connectivity index (χ1v) is 6.19. The maximum absolute atomic E-state index is 12.3. The fourth-order valence-corrected chi connectivity index (χ4v) is 2.06. The average molecular weight is 296 g/mol. The number of hydrogen-bond donors (Lipinski definition) is 1. The van der Waals surface area contributed by atoms with Crippen molar-refractivity contribution in [2.75, 3.05) is 17.7 Å². The van der Waals surface area contributed by atoms with Crippen LogP contribution in [0.3, 0.4) is 0 Å². The molecule has 2 rings (SSSR count). The van der Waals surface area contributed by atoms with Gasteiger partial charge in [-0.2, -0.15) is 0 Å². The molecule has 1 heterocycles. The molecule has 0 saturated carbocycles. The zero-order chi connectivity index (χ0) is 14.0. The van der Waals surface area contributed by atoms with Crippen molar-refractivity contribution < 1.29 is 4.79 Å². The van der Waals surface area contributed by atoms with E-state index < -0.39 is 0 Å². The molecule has 4 nitrogen and oxygen atoms in total. The number of nitrogens with zero attached hydrogens (tertiary/aromatic N) is 2. The van der Waals surface area contributed by atoms with Crippen molar-refractivity contribution in [3.63, 3.8) is 0 Å². The summed E-state index contributed by atoms with van der Waals surface area (Å²) in [6.45, 7) is 0. The fourth-order valence-electron chi connectivity index (χ4n) is 1.57. The minimum absolute atomic E-state index is 0.239. The number of benzene rings is 1. The Morgan fingerprint density at radius 2 is 1.95 bits per heavy atom. The van der Waals surface area contributed by atoms with Crippen LogP contribution in [0.4, 0.5) is 11.4 Å². The van der Waals surface area contributed by atoms with Crippen LogP contribution in [0.25, 0.3) is 0 Å². The van der Waals surface area contributed by atoms with E-state index in [1.807, 2.05) is 0 Å². The molecule has 0 aliphatic rings. The molecular weight excluding hydrogens is 285 g/mol. The van der Waals surface area contributed by atoms with Gasteiger partial charge >= 0.3 is 0 Å². The van der Waals surface area contributed by atoms with Gasteiger partial charge < -0.3 is 10.6 Å². The summed E-state index contributed by atoms with van der Waals surface area (Å²) >= 11 is 11.8. The number of rotatable bonds is 2. The maximum Gasteiger partial charge on any atom is 0.258 e. The molecule has 1 aromatic carbocycles. The number of hydrogen-bond acceptors (Lipinski definition) is 3. The normalized spacial score (nSPS) is 10.3. The Hall–Kier alpha value is -1.78. The number of amides is 1. The lowest BCUT2D eigenvalue weighted by Gasteiger charge is -2.17. The van der Waals surface area contributed by atoms with Gasteiger partial charge in [0.05, 0.1) is 27.6 Å². The minimum Gasteiger partial charge on any atom is -0.396 e. The summed E-state index contributed by atoms with van der Waals surface area (Å²) in [6, 6.07) is 6.53. The second kappa shape index (κ2) is 5.47. The molecule has 0 atom stereocenters. The molecule has 0 bridgehead atoms. The summed E-state index contributed by atoms with van der Waals surface area (Å²) in [5.41, 5.74) is 6.96. The number of aromatic nitrogens is 1. The van der Waals surface area contributed by atoms with Crippen molar-refractivity contribution in [3.8, 4) is 0 Å². The zero-order valence-corrected chi connectivity index (χ0v) is 11.6. The lowest BCUT2D eigenvalue weighted by molar-refractivity contribution is 0.0993. The molecule has 0 aliphatic heterocycles. The average Bonchev–Trinajstić information content (AvgIpc) is 2.43. The van der Waals surface area contributed by atoms with Gasteiger partial charge in [0.1, 0.15) is 0 Å². The Morgan fingerprint density at radius 1 is 1.32 bits per heavy atom. The SMILES string of the molecule is CN(C(=O)c1cc(Cl)c(N)c(Cl)c1)c1cccnc1. The van der Waals surface area contributed by atoms with Crippen molar-refractivity contribution in [2.45, 2.75) is 0 Å². The van der Waals surface area contributed by atoms with Gasteiger partial charge in [-0.05, 0) is 24.3 Å². The number of nitrogens with two attached hydrogens (primary N) is 1. The monoisotopic (exact) mass is 295 g/mol. The summed E-state index contributed by atoms with van der Waals surface area (Å²) in [7, 11) is 1.65. The van der Waals surface area contributed by atoms with Crippen LogP contribution in [0.2, 0.25) is 10.0 Å². The van der Waals surface area contributed by atoms with Crippen molar-refractivity contribution in [1.29, 1.82) is 0 Å². The highest BCUT2D eigenvalue weighted by Crippen LogP contribution is 2.29. The highest BCUT2D eigenvalue weighted by atomic mass is 35.5. The number of pyridine rings is 1. The molecular formula is C13H11Cl2N3O. The van der Waals surface area contributed by atoms with E-state index in [1.54, 1.807) is 31.6 Å². The molecule has 6 heteroatoms. The Labute approximate surface area is 120 Å². The van der Waals surface area contributed by atoms with Gasteiger partial charge in [0, 0.05) is 18.8 Å². The predicted octanol–water partition coefficient (Wildman–Crippen LogP) is 3.25. The Kier molecular flexibility index (Phi) is 3.93. The number of anilines is 2. The molecule has 2 N–H and O–H groups in total. The number of carbonyl (C=O) groups is 1. The molecule has 0 fully saturated rings. The van der Waals surface area contributed by atoms with E-state index in [9.17, 15) is 4.79 Å². The molecule has 0 spiro atoms. The molecule has 98 valence electrons. The maximum atomic E-state index is 12.3. The Morgan fingerprint density at radius 3 is 2.47 bits per heavy atom. The standard InChI is InChI=1S/C13H11Cl2N3O/c1-18(9-3-2-4-17-7-9)13(19)8-5-10(14)12(16)11(15)6-8/h2-7H,16H2,1H3. The van der Waals surface area contributed by atoms with E-state index in [2.05, 4.69) is 4.98 Å². The Balaban J connectivity index is 2.35. The van der Waals surface area contributed by atoms with E-state index >= 15 is 0 Å². The largest absolute Gasteiger partial charge is 0.396 e. The lowest BCUT2D eigenvalue weighted by atomic mass is 10.1. The van der Waals surface area contributed by atoms with Crippen molar-refractivity contribution in [2.24, 2.45) is 0 Å². The zero-order valence-electron chi connectivity index (χ0n) is 10.1. The summed E-state index contributed by atoms with van der Waals surface area (Å²) in [4.78, 5) is 17.7. The molecule has 0 saturated heterocycles. The van der Waals surface area contributed by atoms with Gasteiger partial charge in [-0.1, -0.05) is 23.2 Å². The predicted molar refractivity (Wildman–Crippen MR) is 77.8 cm³/mol. The smallest absolute Gasteiger partial charge is 0.258 e. The minimum atomic E-state index is -0.239. The van der Waals surface area contributed by atoms with E-state index in [0.29, 0.717) is 11.3 Å². The van der Waals surface area contributed by atoms with Crippen LogP contribution in [0.15, 0.2) is 36.7 Å². The van der Waals surface area contributed by atoms with E-state index in [1.165, 1.54) is 17.0 Å². The molecule has 0 aliphatic carbocycles. The molecule has 0 radical (unpaired) electrons. The quantitative estimate of drug-likeness (QED) is 0.865. The van der Waals surface area contributed by atoms with Gasteiger partial charge in [0.15, 0.2) is 0 Å². The number of carbonyl (C=O) groups excluding carboxylic acids is 1. The summed E-state index contributed by atoms with van der Waals surface area (Å²) in [5, 5.41) is 0.519. The Bertz CT molecular complexity index is 594. The van der Waals surface area contributed by atoms with Crippen molar-refractivity contribution >= 4 is 40.5 Å². The van der Waals surface area contributed by atoms with Gasteiger partial charge in [0.2, 0.25) is 0 Å². The van der Waals surface area contributed by atoms with E-state index in [-0.39, 0.29) is 21.6 Å². The third kappa shape index (κ3) is 2.80. The van der Waals surface area contributed by atoms with Gasteiger partial charge in [-0.15, -0.1) is 0 Å². The number of nitrogen functional groups attached to an aromatic ring is 1. The molecule has 0 unspecified atom stereocenters. The van der Waals surface area contributed by atoms with Gasteiger partial charge in [0.25, 0.3) is 5.91 Å². The second-order valence-electron chi connectivity index (χ2n) is 3.93. The third-order valence-electron chi connectivity index (χ3n) is 2.66. The summed E-state index contributed by atoms with van der Waals surface area (Å²) in [6.07, 6.45) is 3.23.